The van der Waals surface area contributed by atoms with Crippen molar-refractivity contribution in [1.29, 1.82) is 0 Å². The molecular formula is C26H46N2O2. The maximum absolute atomic E-state index is 12.0. The number of nitrogens with two attached hydrogens (primary N) is 1. The fourth-order valence-corrected chi connectivity index (χ4v) is 3.85. The zero-order chi connectivity index (χ0) is 21.9. The molecule has 0 aromatic heterocycles. The van der Waals surface area contributed by atoms with Gasteiger partial charge in [-0.1, -0.05) is 102 Å². The molecule has 4 nitrogen and oxygen atoms in total. The Labute approximate surface area is 185 Å². The van der Waals surface area contributed by atoms with Gasteiger partial charge in [0.25, 0.3) is 0 Å². The van der Waals surface area contributed by atoms with Gasteiger partial charge in [0.15, 0.2) is 0 Å². The fraction of sp³-hybridized carbons (Fsp3) is 0.731. The topological polar surface area (TPSA) is 75.3 Å². The van der Waals surface area contributed by atoms with Crippen LogP contribution in [0.4, 0.5) is 0 Å². The van der Waals surface area contributed by atoms with E-state index in [0.717, 1.165) is 36.8 Å². The minimum Gasteiger partial charge on any atom is -0.393 e. The summed E-state index contributed by atoms with van der Waals surface area (Å²) in [4.78, 5) is 12.0. The summed E-state index contributed by atoms with van der Waals surface area (Å²) in [5.41, 5.74) is 7.96. The highest BCUT2D eigenvalue weighted by molar-refractivity contribution is 5.75. The summed E-state index contributed by atoms with van der Waals surface area (Å²) in [7, 11) is 0. The molecule has 1 rings (SSSR count). The Bertz CT molecular complexity index is 548. The minimum atomic E-state index is -0.0850. The van der Waals surface area contributed by atoms with Crippen molar-refractivity contribution in [3.8, 4) is 0 Å². The average Bonchev–Trinajstić information content (AvgIpc) is 2.77. The van der Waals surface area contributed by atoms with Crippen molar-refractivity contribution in [3.05, 3.63) is 35.4 Å². The van der Waals surface area contributed by atoms with Crippen LogP contribution in [-0.4, -0.2) is 17.1 Å². The van der Waals surface area contributed by atoms with E-state index >= 15 is 0 Å². The van der Waals surface area contributed by atoms with Gasteiger partial charge in [0, 0.05) is 19.5 Å². The van der Waals surface area contributed by atoms with E-state index in [9.17, 15) is 9.90 Å². The van der Waals surface area contributed by atoms with Gasteiger partial charge >= 0.3 is 0 Å². The molecule has 172 valence electrons. The third kappa shape index (κ3) is 13.8. The Hall–Kier alpha value is -1.39. The maximum Gasteiger partial charge on any atom is 0.220 e. The quantitative estimate of drug-likeness (QED) is 0.241. The molecule has 4 N–H and O–H groups in total. The van der Waals surface area contributed by atoms with Crippen LogP contribution in [0.15, 0.2) is 24.3 Å². The molecule has 0 aliphatic carbocycles. The van der Waals surface area contributed by atoms with Crippen molar-refractivity contribution in [1.82, 2.24) is 5.32 Å². The van der Waals surface area contributed by atoms with Gasteiger partial charge in [-0.25, -0.2) is 0 Å². The summed E-state index contributed by atoms with van der Waals surface area (Å²) < 4.78 is 0. The lowest BCUT2D eigenvalue weighted by Crippen LogP contribution is -2.23. The third-order valence-corrected chi connectivity index (χ3v) is 5.98. The van der Waals surface area contributed by atoms with Crippen molar-refractivity contribution in [3.63, 3.8) is 0 Å². The summed E-state index contributed by atoms with van der Waals surface area (Å²) in [6, 6.07) is 8.01. The second kappa shape index (κ2) is 18.4. The Morgan fingerprint density at radius 3 is 1.90 bits per heavy atom. The molecular weight excluding hydrogens is 372 g/mol. The van der Waals surface area contributed by atoms with Gasteiger partial charge in [-0.15, -0.1) is 0 Å². The molecule has 0 aliphatic rings. The predicted octanol–water partition coefficient (Wildman–Crippen LogP) is 5.99. The molecule has 1 aromatic rings. The number of benzene rings is 1. The lowest BCUT2D eigenvalue weighted by molar-refractivity contribution is -0.121. The van der Waals surface area contributed by atoms with Crippen molar-refractivity contribution in [2.24, 2.45) is 5.73 Å². The molecule has 1 amide bonds. The van der Waals surface area contributed by atoms with E-state index in [1.807, 2.05) is 31.2 Å². The highest BCUT2D eigenvalue weighted by atomic mass is 16.3. The summed E-state index contributed by atoms with van der Waals surface area (Å²) in [6.45, 7) is 3.13. The number of carbonyl (C=O) groups excluding carboxylic acids is 1. The first-order valence-corrected chi connectivity index (χ1v) is 12.4. The maximum atomic E-state index is 12.0. The molecule has 1 unspecified atom stereocenters. The normalized spacial score (nSPS) is 12.1. The Morgan fingerprint density at radius 1 is 0.867 bits per heavy atom. The van der Waals surface area contributed by atoms with Gasteiger partial charge < -0.3 is 16.2 Å². The Balaban J connectivity index is 1.85. The van der Waals surface area contributed by atoms with E-state index in [1.165, 1.54) is 64.2 Å². The van der Waals surface area contributed by atoms with Crippen LogP contribution >= 0.6 is 0 Å². The van der Waals surface area contributed by atoms with E-state index in [0.29, 0.717) is 19.5 Å². The molecule has 0 bridgehead atoms. The van der Waals surface area contributed by atoms with Gasteiger partial charge in [-0.2, -0.15) is 0 Å². The second-order valence-electron chi connectivity index (χ2n) is 8.59. The van der Waals surface area contributed by atoms with E-state index in [-0.39, 0.29) is 12.0 Å². The average molecular weight is 419 g/mol. The van der Waals surface area contributed by atoms with Crippen LogP contribution in [0.25, 0.3) is 0 Å². The van der Waals surface area contributed by atoms with Gasteiger partial charge in [0.05, 0.1) is 6.10 Å². The zero-order valence-corrected chi connectivity index (χ0v) is 19.3. The SMILES string of the molecule is CCC(O)CCCCCCCCCCCCCCC(=O)NCc1ccccc1CN. The number of hydrogen-bond acceptors (Lipinski definition) is 3. The number of amides is 1. The molecule has 30 heavy (non-hydrogen) atoms. The number of unbranched alkanes of at least 4 members (excludes halogenated alkanes) is 11. The highest BCUT2D eigenvalue weighted by Crippen LogP contribution is 2.14. The lowest BCUT2D eigenvalue weighted by Gasteiger charge is -2.09. The zero-order valence-electron chi connectivity index (χ0n) is 19.3. The van der Waals surface area contributed by atoms with Gasteiger partial charge in [-0.3, -0.25) is 4.79 Å². The van der Waals surface area contributed by atoms with Crippen LogP contribution in [0.1, 0.15) is 114 Å². The number of carbonyl (C=O) groups is 1. The van der Waals surface area contributed by atoms with Crippen LogP contribution in [0.5, 0.6) is 0 Å². The second-order valence-corrected chi connectivity index (χ2v) is 8.59. The Morgan fingerprint density at radius 2 is 1.37 bits per heavy atom. The molecule has 1 aromatic carbocycles. The van der Waals surface area contributed by atoms with E-state index in [1.54, 1.807) is 0 Å². The first-order valence-electron chi connectivity index (χ1n) is 12.4. The van der Waals surface area contributed by atoms with Crippen molar-refractivity contribution in [2.45, 2.75) is 122 Å². The first kappa shape index (κ1) is 26.6. The molecule has 0 heterocycles. The van der Waals surface area contributed by atoms with Crippen molar-refractivity contribution >= 4 is 5.91 Å². The largest absolute Gasteiger partial charge is 0.393 e. The Kier molecular flexibility index (Phi) is 16.3. The molecule has 0 spiro atoms. The third-order valence-electron chi connectivity index (χ3n) is 5.98. The molecule has 0 aliphatic heterocycles. The van der Waals surface area contributed by atoms with Gasteiger partial charge in [-0.05, 0) is 30.4 Å². The molecule has 4 heteroatoms. The van der Waals surface area contributed by atoms with E-state index in [4.69, 9.17) is 5.73 Å². The number of hydrogen-bond donors (Lipinski definition) is 3. The number of rotatable bonds is 19. The van der Waals surface area contributed by atoms with E-state index in [2.05, 4.69) is 5.32 Å². The van der Waals surface area contributed by atoms with Crippen molar-refractivity contribution < 1.29 is 9.90 Å². The molecule has 0 saturated heterocycles. The predicted molar refractivity (Wildman–Crippen MR) is 127 cm³/mol. The molecule has 0 radical (unpaired) electrons. The smallest absolute Gasteiger partial charge is 0.220 e. The summed E-state index contributed by atoms with van der Waals surface area (Å²) in [6.07, 6.45) is 17.5. The lowest BCUT2D eigenvalue weighted by atomic mass is 10.0. The summed E-state index contributed by atoms with van der Waals surface area (Å²) in [5.74, 6) is 0.144. The first-order chi connectivity index (χ1) is 14.7. The molecule has 0 saturated carbocycles. The number of nitrogens with one attached hydrogen (secondary N) is 1. The van der Waals surface area contributed by atoms with Crippen LogP contribution in [-0.2, 0) is 17.9 Å². The standard InChI is InChI=1S/C26H46N2O2/c1-2-25(29)19-13-11-9-7-5-3-4-6-8-10-12-14-20-26(30)28-22-24-18-16-15-17-23(24)21-27/h15-18,25,29H,2-14,19-22,27H2,1H3,(H,28,30). The van der Waals surface area contributed by atoms with Crippen LogP contribution < -0.4 is 11.1 Å². The fourth-order valence-electron chi connectivity index (χ4n) is 3.85. The van der Waals surface area contributed by atoms with E-state index < -0.39 is 0 Å². The van der Waals surface area contributed by atoms with Gasteiger partial charge in [0.2, 0.25) is 5.91 Å². The monoisotopic (exact) mass is 418 g/mol. The molecule has 1 atom stereocenters. The molecule has 0 fully saturated rings. The van der Waals surface area contributed by atoms with Gasteiger partial charge in [0.1, 0.15) is 0 Å². The van der Waals surface area contributed by atoms with Crippen LogP contribution in [0.3, 0.4) is 0 Å². The van der Waals surface area contributed by atoms with Crippen molar-refractivity contribution in [2.75, 3.05) is 0 Å². The van der Waals surface area contributed by atoms with Crippen LogP contribution in [0.2, 0.25) is 0 Å². The minimum absolute atomic E-state index is 0.0850. The number of aliphatic hydroxyl groups is 1. The summed E-state index contributed by atoms with van der Waals surface area (Å²) in [5, 5.41) is 12.5. The highest BCUT2D eigenvalue weighted by Gasteiger charge is 2.04. The summed E-state index contributed by atoms with van der Waals surface area (Å²) >= 11 is 0. The number of aliphatic hydroxyl groups excluding tert-OH is 1. The van der Waals surface area contributed by atoms with Crippen LogP contribution in [0, 0.1) is 0 Å².